The summed E-state index contributed by atoms with van der Waals surface area (Å²) in [4.78, 5) is 0. The van der Waals surface area contributed by atoms with Gasteiger partial charge in [-0.25, -0.2) is 0 Å². The minimum atomic E-state index is 0.437. The standard InChI is InChI=1S/C12H14N6S/c13-9-5-6-10(15-14-9)19-12-17-16-11(7-1-2-7)18(12)8-3-4-8/h5-8H,1-4H2,(H2,13,14). The van der Waals surface area contributed by atoms with Gasteiger partial charge in [0.05, 0.1) is 0 Å². The molecule has 0 unspecified atom stereocenters. The third-order valence-corrected chi connectivity index (χ3v) is 4.29. The fourth-order valence-electron chi connectivity index (χ4n) is 2.13. The molecule has 0 amide bonds. The monoisotopic (exact) mass is 274 g/mol. The van der Waals surface area contributed by atoms with Crippen LogP contribution in [0.25, 0.3) is 0 Å². The van der Waals surface area contributed by atoms with E-state index in [1.807, 2.05) is 6.07 Å². The lowest BCUT2D eigenvalue weighted by atomic mass is 10.4. The third kappa shape index (κ3) is 2.18. The Morgan fingerprint density at radius 2 is 1.89 bits per heavy atom. The minimum absolute atomic E-state index is 0.437. The summed E-state index contributed by atoms with van der Waals surface area (Å²) in [7, 11) is 0. The quantitative estimate of drug-likeness (QED) is 0.918. The summed E-state index contributed by atoms with van der Waals surface area (Å²) in [5, 5.41) is 18.4. The zero-order valence-electron chi connectivity index (χ0n) is 10.4. The summed E-state index contributed by atoms with van der Waals surface area (Å²) < 4.78 is 2.31. The molecule has 0 bridgehead atoms. The maximum atomic E-state index is 5.54. The van der Waals surface area contributed by atoms with Crippen molar-refractivity contribution in [1.29, 1.82) is 0 Å². The molecule has 0 aromatic carbocycles. The predicted molar refractivity (Wildman–Crippen MR) is 70.8 cm³/mol. The fourth-order valence-corrected chi connectivity index (χ4v) is 2.96. The number of nitrogens with two attached hydrogens (primary N) is 1. The van der Waals surface area contributed by atoms with E-state index in [0.717, 1.165) is 16.0 Å². The molecular weight excluding hydrogens is 260 g/mol. The van der Waals surface area contributed by atoms with Gasteiger partial charge in [-0.15, -0.1) is 20.4 Å². The average molecular weight is 274 g/mol. The third-order valence-electron chi connectivity index (χ3n) is 3.40. The molecule has 2 fully saturated rings. The van der Waals surface area contributed by atoms with Crippen LogP contribution in [0.15, 0.2) is 22.3 Å². The Hall–Kier alpha value is -1.63. The second kappa shape index (κ2) is 4.19. The van der Waals surface area contributed by atoms with Crippen LogP contribution in [0, 0.1) is 0 Å². The number of nitrogen functional groups attached to an aromatic ring is 1. The highest BCUT2D eigenvalue weighted by Crippen LogP contribution is 2.46. The van der Waals surface area contributed by atoms with Crippen LogP contribution in [-0.4, -0.2) is 25.0 Å². The smallest absolute Gasteiger partial charge is 0.197 e. The van der Waals surface area contributed by atoms with E-state index in [1.54, 1.807) is 6.07 Å². The molecule has 0 aliphatic heterocycles. The Labute approximate surface area is 114 Å². The van der Waals surface area contributed by atoms with Gasteiger partial charge >= 0.3 is 0 Å². The highest BCUT2D eigenvalue weighted by molar-refractivity contribution is 7.99. The normalized spacial score (nSPS) is 18.7. The van der Waals surface area contributed by atoms with Crippen LogP contribution in [0.4, 0.5) is 5.82 Å². The van der Waals surface area contributed by atoms with Gasteiger partial charge in [0.2, 0.25) is 0 Å². The maximum absolute atomic E-state index is 5.54. The maximum Gasteiger partial charge on any atom is 0.197 e. The van der Waals surface area contributed by atoms with E-state index in [9.17, 15) is 0 Å². The summed E-state index contributed by atoms with van der Waals surface area (Å²) >= 11 is 1.52. The van der Waals surface area contributed by atoms with Crippen LogP contribution < -0.4 is 5.73 Å². The first-order valence-corrected chi connectivity index (χ1v) is 7.35. The highest BCUT2D eigenvalue weighted by Gasteiger charge is 2.36. The molecule has 19 heavy (non-hydrogen) atoms. The molecule has 2 saturated carbocycles. The van der Waals surface area contributed by atoms with Crippen molar-refractivity contribution in [2.45, 2.75) is 47.8 Å². The molecule has 4 rings (SSSR count). The van der Waals surface area contributed by atoms with Gasteiger partial charge in [-0.05, 0) is 49.6 Å². The number of rotatable bonds is 4. The number of anilines is 1. The Bertz CT molecular complexity index is 599. The van der Waals surface area contributed by atoms with E-state index >= 15 is 0 Å². The molecule has 98 valence electrons. The van der Waals surface area contributed by atoms with Crippen molar-refractivity contribution in [2.75, 3.05) is 5.73 Å². The average Bonchev–Trinajstić information content (AvgIpc) is 3.32. The first-order valence-electron chi connectivity index (χ1n) is 6.53. The van der Waals surface area contributed by atoms with Gasteiger partial charge < -0.3 is 10.3 Å². The van der Waals surface area contributed by atoms with Crippen LogP contribution in [0.5, 0.6) is 0 Å². The molecule has 0 spiro atoms. The van der Waals surface area contributed by atoms with Crippen molar-refractivity contribution in [3.63, 3.8) is 0 Å². The zero-order valence-corrected chi connectivity index (χ0v) is 11.2. The van der Waals surface area contributed by atoms with Crippen LogP contribution in [0.2, 0.25) is 0 Å². The predicted octanol–water partition coefficient (Wildman–Crippen LogP) is 2.01. The summed E-state index contributed by atoms with van der Waals surface area (Å²) in [6.07, 6.45) is 4.96. The number of hydrogen-bond acceptors (Lipinski definition) is 6. The first kappa shape index (κ1) is 11.2. The molecule has 6 nitrogen and oxygen atoms in total. The van der Waals surface area contributed by atoms with Crippen LogP contribution in [0.1, 0.15) is 43.5 Å². The fraction of sp³-hybridized carbons (Fsp3) is 0.500. The zero-order chi connectivity index (χ0) is 12.8. The second-order valence-corrected chi connectivity index (χ2v) is 6.10. The molecule has 2 aromatic rings. The van der Waals surface area contributed by atoms with E-state index in [4.69, 9.17) is 5.73 Å². The summed E-state index contributed by atoms with van der Waals surface area (Å²) in [5.74, 6) is 2.22. The van der Waals surface area contributed by atoms with Crippen molar-refractivity contribution >= 4 is 17.6 Å². The Morgan fingerprint density at radius 1 is 1.05 bits per heavy atom. The van der Waals surface area contributed by atoms with Crippen LogP contribution in [0.3, 0.4) is 0 Å². The van der Waals surface area contributed by atoms with Crippen molar-refractivity contribution < 1.29 is 0 Å². The molecule has 2 aliphatic rings. The SMILES string of the molecule is Nc1ccc(Sc2nnc(C3CC3)n2C2CC2)nn1. The molecule has 2 aromatic heterocycles. The Balaban J connectivity index is 1.65. The minimum Gasteiger partial charge on any atom is -0.382 e. The number of nitrogens with zero attached hydrogens (tertiary/aromatic N) is 5. The lowest BCUT2D eigenvalue weighted by molar-refractivity contribution is 0.626. The van der Waals surface area contributed by atoms with Crippen molar-refractivity contribution in [3.8, 4) is 0 Å². The molecular formula is C12H14N6S. The van der Waals surface area contributed by atoms with Crippen LogP contribution in [-0.2, 0) is 0 Å². The molecule has 0 atom stereocenters. The van der Waals surface area contributed by atoms with Crippen molar-refractivity contribution in [2.24, 2.45) is 0 Å². The summed E-state index contributed by atoms with van der Waals surface area (Å²) in [5.41, 5.74) is 5.54. The lowest BCUT2D eigenvalue weighted by Crippen LogP contribution is -2.02. The molecule has 2 heterocycles. The number of hydrogen-bond donors (Lipinski definition) is 1. The van der Waals surface area contributed by atoms with E-state index in [-0.39, 0.29) is 0 Å². The molecule has 2 N–H and O–H groups in total. The van der Waals surface area contributed by atoms with Gasteiger partial charge in [-0.2, -0.15) is 0 Å². The first-order chi connectivity index (χ1) is 9.31. The molecule has 7 heteroatoms. The van der Waals surface area contributed by atoms with Gasteiger partial charge in [0.1, 0.15) is 16.7 Å². The lowest BCUT2D eigenvalue weighted by Gasteiger charge is -2.07. The van der Waals surface area contributed by atoms with E-state index < -0.39 is 0 Å². The Kier molecular flexibility index (Phi) is 2.48. The van der Waals surface area contributed by atoms with Crippen LogP contribution >= 0.6 is 11.8 Å². The summed E-state index contributed by atoms with van der Waals surface area (Å²) in [6, 6.07) is 4.22. The second-order valence-electron chi connectivity index (χ2n) is 5.11. The van der Waals surface area contributed by atoms with Gasteiger partial charge in [-0.3, -0.25) is 0 Å². The van der Waals surface area contributed by atoms with Crippen molar-refractivity contribution in [3.05, 3.63) is 18.0 Å². The summed E-state index contributed by atoms with van der Waals surface area (Å²) in [6.45, 7) is 0. The van der Waals surface area contributed by atoms with Gasteiger partial charge in [-0.1, -0.05) is 0 Å². The van der Waals surface area contributed by atoms with E-state index in [2.05, 4.69) is 25.0 Å². The number of aromatic nitrogens is 5. The van der Waals surface area contributed by atoms with Gasteiger partial charge in [0.15, 0.2) is 5.16 Å². The van der Waals surface area contributed by atoms with Crippen molar-refractivity contribution in [1.82, 2.24) is 25.0 Å². The van der Waals surface area contributed by atoms with E-state index in [1.165, 1.54) is 37.4 Å². The topological polar surface area (TPSA) is 82.5 Å². The Morgan fingerprint density at radius 3 is 2.53 bits per heavy atom. The molecule has 0 radical (unpaired) electrons. The largest absolute Gasteiger partial charge is 0.382 e. The van der Waals surface area contributed by atoms with E-state index in [0.29, 0.717) is 17.8 Å². The molecule has 0 saturated heterocycles. The molecule has 2 aliphatic carbocycles. The highest BCUT2D eigenvalue weighted by atomic mass is 32.2. The van der Waals surface area contributed by atoms with Gasteiger partial charge in [0, 0.05) is 12.0 Å². The van der Waals surface area contributed by atoms with Gasteiger partial charge in [0.25, 0.3) is 0 Å².